The van der Waals surface area contributed by atoms with E-state index >= 15 is 0 Å². The van der Waals surface area contributed by atoms with Gasteiger partial charge in [0.1, 0.15) is 0 Å². The fourth-order valence-corrected chi connectivity index (χ4v) is 4.17. The van der Waals surface area contributed by atoms with E-state index in [1.54, 1.807) is 0 Å². The maximum atomic E-state index is 11.7. The quantitative estimate of drug-likeness (QED) is 0.787. The molecule has 2 saturated carbocycles. The second-order valence-electron chi connectivity index (χ2n) is 6.09. The first-order valence-corrected chi connectivity index (χ1v) is 8.66. The molecule has 0 aromatic rings. The Morgan fingerprint density at radius 1 is 1.26 bits per heavy atom. The number of carbonyl (C=O) groups is 1. The Balaban J connectivity index is 1.68. The lowest BCUT2D eigenvalue weighted by Crippen LogP contribution is -2.34. The number of sulfonamides is 1. The Morgan fingerprint density at radius 2 is 2.00 bits per heavy atom. The number of carbonyl (C=O) groups excluding carboxylic acids is 1. The number of nitrogens with zero attached hydrogens (tertiary/aromatic N) is 1. The summed E-state index contributed by atoms with van der Waals surface area (Å²) in [6.45, 7) is 0.724. The molecule has 19 heavy (non-hydrogen) atoms. The zero-order chi connectivity index (χ0) is 14.0. The SMILES string of the molecule is CN(C)S(=O)(=O)CCC(=O)NC[C@H]1C[C@H]2CC[C@H]1C2. The van der Waals surface area contributed by atoms with Crippen LogP contribution in [0.5, 0.6) is 0 Å². The first kappa shape index (κ1) is 14.8. The van der Waals surface area contributed by atoms with Gasteiger partial charge in [0.2, 0.25) is 15.9 Å². The minimum atomic E-state index is -3.27. The van der Waals surface area contributed by atoms with Crippen LogP contribution in [-0.4, -0.2) is 45.0 Å². The van der Waals surface area contributed by atoms with E-state index in [4.69, 9.17) is 0 Å². The molecule has 6 heteroatoms. The van der Waals surface area contributed by atoms with Crippen molar-refractivity contribution in [1.29, 1.82) is 0 Å². The van der Waals surface area contributed by atoms with Crippen LogP contribution in [0.25, 0.3) is 0 Å². The zero-order valence-electron chi connectivity index (χ0n) is 11.8. The van der Waals surface area contributed by atoms with E-state index in [1.165, 1.54) is 39.8 Å². The first-order valence-electron chi connectivity index (χ1n) is 7.05. The Kier molecular flexibility index (Phi) is 4.50. The summed E-state index contributed by atoms with van der Waals surface area (Å²) >= 11 is 0. The van der Waals surface area contributed by atoms with Crippen LogP contribution in [0.4, 0.5) is 0 Å². The van der Waals surface area contributed by atoms with E-state index in [1.807, 2.05) is 0 Å². The van der Waals surface area contributed by atoms with E-state index in [9.17, 15) is 13.2 Å². The van der Waals surface area contributed by atoms with Crippen molar-refractivity contribution in [2.24, 2.45) is 17.8 Å². The normalized spacial score (nSPS) is 29.9. The van der Waals surface area contributed by atoms with Gasteiger partial charge in [-0.2, -0.15) is 0 Å². The second kappa shape index (κ2) is 5.79. The molecule has 110 valence electrons. The summed E-state index contributed by atoms with van der Waals surface area (Å²) < 4.78 is 24.3. The first-order chi connectivity index (χ1) is 8.88. The smallest absolute Gasteiger partial charge is 0.221 e. The van der Waals surface area contributed by atoms with E-state index in [2.05, 4.69) is 5.32 Å². The van der Waals surface area contributed by atoms with Crippen LogP contribution in [0.3, 0.4) is 0 Å². The Labute approximate surface area is 115 Å². The molecule has 0 unspecified atom stereocenters. The molecule has 2 fully saturated rings. The van der Waals surface area contributed by atoms with Crippen molar-refractivity contribution in [3.05, 3.63) is 0 Å². The molecule has 0 spiro atoms. The summed E-state index contributed by atoms with van der Waals surface area (Å²) in [6.07, 6.45) is 5.29. The standard InChI is InChI=1S/C13H24N2O3S/c1-15(2)19(17,18)6-5-13(16)14-9-12-8-10-3-4-11(12)7-10/h10-12H,3-9H2,1-2H3,(H,14,16)/t10-,11-,12+/m0/s1. The number of amides is 1. The largest absolute Gasteiger partial charge is 0.356 e. The average molecular weight is 288 g/mol. The molecule has 2 rings (SSSR count). The molecule has 0 aromatic heterocycles. The van der Waals surface area contributed by atoms with Gasteiger partial charge in [-0.1, -0.05) is 6.42 Å². The third kappa shape index (κ3) is 3.69. The topological polar surface area (TPSA) is 66.5 Å². The maximum Gasteiger partial charge on any atom is 0.221 e. The molecular formula is C13H24N2O3S. The van der Waals surface area contributed by atoms with Crippen LogP contribution in [0.1, 0.15) is 32.1 Å². The second-order valence-corrected chi connectivity index (χ2v) is 8.39. The van der Waals surface area contributed by atoms with Crippen LogP contribution < -0.4 is 5.32 Å². The molecule has 0 aliphatic heterocycles. The van der Waals surface area contributed by atoms with Gasteiger partial charge in [-0.25, -0.2) is 12.7 Å². The summed E-state index contributed by atoms with van der Waals surface area (Å²) in [5.74, 6) is 2.03. The lowest BCUT2D eigenvalue weighted by atomic mass is 9.89. The predicted octanol–water partition coefficient (Wildman–Crippen LogP) is 0.820. The minimum Gasteiger partial charge on any atom is -0.356 e. The molecule has 2 aliphatic rings. The van der Waals surface area contributed by atoms with Gasteiger partial charge in [0.15, 0.2) is 0 Å². The van der Waals surface area contributed by atoms with Gasteiger partial charge < -0.3 is 5.32 Å². The van der Waals surface area contributed by atoms with Gasteiger partial charge in [0, 0.05) is 27.1 Å². The Hall–Kier alpha value is -0.620. The van der Waals surface area contributed by atoms with E-state index in [-0.39, 0.29) is 18.1 Å². The number of fused-ring (bicyclic) bond motifs is 2. The Bertz CT molecular complexity index is 433. The van der Waals surface area contributed by atoms with E-state index in [0.717, 1.165) is 22.7 Å². The summed E-state index contributed by atoms with van der Waals surface area (Å²) in [5, 5.41) is 2.90. The highest BCUT2D eigenvalue weighted by molar-refractivity contribution is 7.89. The molecule has 0 saturated heterocycles. The lowest BCUT2D eigenvalue weighted by Gasteiger charge is -2.21. The van der Waals surface area contributed by atoms with Gasteiger partial charge >= 0.3 is 0 Å². The van der Waals surface area contributed by atoms with Gasteiger partial charge in [-0.3, -0.25) is 4.79 Å². The van der Waals surface area contributed by atoms with Crippen molar-refractivity contribution in [2.45, 2.75) is 32.1 Å². The van der Waals surface area contributed by atoms with Crippen molar-refractivity contribution in [3.63, 3.8) is 0 Å². The average Bonchev–Trinajstić information content (AvgIpc) is 2.95. The minimum absolute atomic E-state index is 0.0569. The van der Waals surface area contributed by atoms with Crippen LogP contribution >= 0.6 is 0 Å². The summed E-state index contributed by atoms with van der Waals surface area (Å²) in [4.78, 5) is 11.7. The van der Waals surface area contributed by atoms with Crippen molar-refractivity contribution >= 4 is 15.9 Å². The predicted molar refractivity (Wildman–Crippen MR) is 74.0 cm³/mol. The number of hydrogen-bond donors (Lipinski definition) is 1. The molecular weight excluding hydrogens is 264 g/mol. The van der Waals surface area contributed by atoms with E-state index in [0.29, 0.717) is 5.92 Å². The van der Waals surface area contributed by atoms with Gasteiger partial charge in [0.25, 0.3) is 0 Å². The van der Waals surface area contributed by atoms with Crippen LogP contribution in [0.15, 0.2) is 0 Å². The van der Waals surface area contributed by atoms with Crippen molar-refractivity contribution in [3.8, 4) is 0 Å². The van der Waals surface area contributed by atoms with Crippen LogP contribution in [0, 0.1) is 17.8 Å². The molecule has 3 atom stereocenters. The summed E-state index contributed by atoms with van der Waals surface area (Å²) in [7, 11) is -0.289. The molecule has 1 N–H and O–H groups in total. The molecule has 0 radical (unpaired) electrons. The number of hydrogen-bond acceptors (Lipinski definition) is 3. The number of rotatable bonds is 6. The van der Waals surface area contributed by atoms with Gasteiger partial charge in [-0.15, -0.1) is 0 Å². The molecule has 0 aromatic carbocycles. The third-order valence-electron chi connectivity index (χ3n) is 4.59. The highest BCUT2D eigenvalue weighted by Gasteiger charge is 2.39. The molecule has 2 bridgehead atoms. The third-order valence-corrected chi connectivity index (χ3v) is 6.42. The van der Waals surface area contributed by atoms with E-state index < -0.39 is 10.0 Å². The maximum absolute atomic E-state index is 11.7. The zero-order valence-corrected chi connectivity index (χ0v) is 12.6. The number of nitrogens with one attached hydrogen (secondary N) is 1. The molecule has 1 amide bonds. The highest BCUT2D eigenvalue weighted by Crippen LogP contribution is 2.47. The fourth-order valence-electron chi connectivity index (χ4n) is 3.36. The summed E-state index contributed by atoms with van der Waals surface area (Å²) in [5.41, 5.74) is 0. The fraction of sp³-hybridized carbons (Fsp3) is 0.923. The monoisotopic (exact) mass is 288 g/mol. The lowest BCUT2D eigenvalue weighted by molar-refractivity contribution is -0.120. The van der Waals surface area contributed by atoms with Crippen molar-refractivity contribution in [1.82, 2.24) is 9.62 Å². The Morgan fingerprint density at radius 3 is 2.53 bits per heavy atom. The summed E-state index contributed by atoms with van der Waals surface area (Å²) in [6, 6.07) is 0. The van der Waals surface area contributed by atoms with Crippen molar-refractivity contribution in [2.75, 3.05) is 26.4 Å². The van der Waals surface area contributed by atoms with Crippen LogP contribution in [0.2, 0.25) is 0 Å². The van der Waals surface area contributed by atoms with Gasteiger partial charge in [0.05, 0.1) is 5.75 Å². The van der Waals surface area contributed by atoms with Crippen molar-refractivity contribution < 1.29 is 13.2 Å². The molecule has 0 heterocycles. The van der Waals surface area contributed by atoms with Gasteiger partial charge in [-0.05, 0) is 37.0 Å². The molecule has 5 nitrogen and oxygen atoms in total. The highest BCUT2D eigenvalue weighted by atomic mass is 32.2. The molecule has 2 aliphatic carbocycles. The van der Waals surface area contributed by atoms with Crippen LogP contribution in [-0.2, 0) is 14.8 Å².